The van der Waals surface area contributed by atoms with Gasteiger partial charge in [0.05, 0.1) is 23.0 Å². The quantitative estimate of drug-likeness (QED) is 0.147. The van der Waals surface area contributed by atoms with Crippen LogP contribution in [0.2, 0.25) is 0 Å². The van der Waals surface area contributed by atoms with Gasteiger partial charge in [0.25, 0.3) is 20.0 Å². The molecule has 0 radical (unpaired) electrons. The Hall–Kier alpha value is -4.02. The molecule has 0 atom stereocenters. The maximum absolute atomic E-state index is 13.5. The molecule has 0 saturated carbocycles. The molecule has 0 bridgehead atoms. The van der Waals surface area contributed by atoms with Gasteiger partial charge in [0.2, 0.25) is 0 Å². The van der Waals surface area contributed by atoms with E-state index in [1.807, 2.05) is 66.9 Å². The number of nitrogens with zero attached hydrogens (tertiary/aromatic N) is 4. The van der Waals surface area contributed by atoms with Gasteiger partial charge in [-0.25, -0.2) is 24.8 Å². The van der Waals surface area contributed by atoms with Crippen LogP contribution < -0.4 is 15.4 Å². The van der Waals surface area contributed by atoms with E-state index in [0.29, 0.717) is 26.6 Å². The second-order valence-corrected chi connectivity index (χ2v) is 19.7. The van der Waals surface area contributed by atoms with E-state index in [1.165, 1.54) is 7.94 Å². The molecule has 2 saturated heterocycles. The highest BCUT2D eigenvalue weighted by atomic mass is 79.9. The summed E-state index contributed by atoms with van der Waals surface area (Å²) in [6, 6.07) is 27.6. The maximum atomic E-state index is 13.5. The third kappa shape index (κ3) is 9.23. The molecule has 4 heterocycles. The number of benzene rings is 4. The van der Waals surface area contributed by atoms with E-state index < -0.39 is 20.0 Å². The van der Waals surface area contributed by atoms with Crippen LogP contribution >= 0.6 is 15.9 Å². The van der Waals surface area contributed by atoms with Crippen molar-refractivity contribution in [1.82, 2.24) is 28.4 Å². The van der Waals surface area contributed by atoms with Crippen LogP contribution in [-0.4, -0.2) is 94.0 Å². The standard InChI is InChI=1S/C23H29N3O2S.C21H24BrN3O3S/c1-18(2)19-8-10-21(11-9-19)29(27,28)26-17-20(22-6-3-4-7-23(22)26)16-25-14-5-12-24-13-15-25;1-28-17-7-8-21(19(22)13-17)29(26,27)25-15-16(18-5-2-3-6-20(18)25)14-24-11-4-9-23-10-12-24/h3-4,6-11,17-18,24H,5,12-16H2,1-2H3;2-3,5-8,13,15,23H,4,9-12,14H2,1H3. The number of para-hydroxylation sites is 2. The lowest BCUT2D eigenvalue weighted by molar-refractivity contribution is 0.285. The number of fused-ring (bicyclic) bond motifs is 2. The fourth-order valence-electron chi connectivity index (χ4n) is 7.75. The molecule has 6 aromatic rings. The summed E-state index contributed by atoms with van der Waals surface area (Å²) in [6.07, 6.45) is 5.79. The zero-order chi connectivity index (χ0) is 40.9. The minimum atomic E-state index is -3.77. The summed E-state index contributed by atoms with van der Waals surface area (Å²) >= 11 is 3.39. The zero-order valence-corrected chi connectivity index (χ0v) is 36.6. The van der Waals surface area contributed by atoms with Crippen molar-refractivity contribution in [3.8, 4) is 5.75 Å². The Morgan fingerprint density at radius 1 is 0.655 bits per heavy atom. The highest BCUT2D eigenvalue weighted by Gasteiger charge is 2.25. The van der Waals surface area contributed by atoms with Crippen molar-refractivity contribution in [1.29, 1.82) is 0 Å². The largest absolute Gasteiger partial charge is 0.497 e. The number of methoxy groups -OCH3 is 1. The van der Waals surface area contributed by atoms with Gasteiger partial charge in [-0.1, -0.05) is 62.4 Å². The Morgan fingerprint density at radius 3 is 1.67 bits per heavy atom. The van der Waals surface area contributed by atoms with E-state index in [0.717, 1.165) is 111 Å². The van der Waals surface area contributed by atoms with Gasteiger partial charge in [-0.15, -0.1) is 0 Å². The van der Waals surface area contributed by atoms with Crippen LogP contribution in [-0.2, 0) is 33.1 Å². The first-order valence-corrected chi connectivity index (χ1v) is 23.6. The molecule has 11 nitrogen and oxygen atoms in total. The maximum Gasteiger partial charge on any atom is 0.269 e. The first-order valence-electron chi connectivity index (χ1n) is 20.0. The number of hydrogen-bond acceptors (Lipinski definition) is 9. The predicted molar refractivity (Wildman–Crippen MR) is 236 cm³/mol. The lowest BCUT2D eigenvalue weighted by atomic mass is 10.0. The summed E-state index contributed by atoms with van der Waals surface area (Å²) in [4.78, 5) is 5.32. The summed E-state index contributed by atoms with van der Waals surface area (Å²) in [5, 5.41) is 8.81. The van der Waals surface area contributed by atoms with Gasteiger partial charge < -0.3 is 15.4 Å². The van der Waals surface area contributed by atoms with Crippen molar-refractivity contribution in [3.05, 3.63) is 125 Å². The van der Waals surface area contributed by atoms with E-state index in [-0.39, 0.29) is 4.90 Å². The number of hydrogen-bond donors (Lipinski definition) is 2. The van der Waals surface area contributed by atoms with Crippen molar-refractivity contribution in [2.75, 3.05) is 59.5 Å². The van der Waals surface area contributed by atoms with Crippen molar-refractivity contribution in [2.45, 2.75) is 55.5 Å². The van der Waals surface area contributed by atoms with Crippen molar-refractivity contribution < 1.29 is 21.6 Å². The predicted octanol–water partition coefficient (Wildman–Crippen LogP) is 7.24. The lowest BCUT2D eigenvalue weighted by Crippen LogP contribution is -2.27. The van der Waals surface area contributed by atoms with E-state index in [1.54, 1.807) is 43.6 Å². The van der Waals surface area contributed by atoms with Gasteiger partial charge in [-0.2, -0.15) is 0 Å². The second kappa shape index (κ2) is 18.5. The van der Waals surface area contributed by atoms with Gasteiger partial charge in [-0.3, -0.25) is 9.80 Å². The molecule has 2 aromatic heterocycles. The third-order valence-electron chi connectivity index (χ3n) is 11.0. The summed E-state index contributed by atoms with van der Waals surface area (Å²) < 4.78 is 62.4. The van der Waals surface area contributed by atoms with Crippen molar-refractivity contribution in [2.24, 2.45) is 0 Å². The molecule has 4 aromatic carbocycles. The number of halogens is 1. The Bertz CT molecular complexity index is 2550. The SMILES string of the molecule is CC(C)c1ccc(S(=O)(=O)n2cc(CN3CCCNCC3)c3ccccc32)cc1.COc1ccc(S(=O)(=O)n2cc(CN3CCCNCC3)c3ccccc32)c(Br)c1. The molecular formula is C44H53BrN6O5S2. The normalized spacial score (nSPS) is 16.2. The van der Waals surface area contributed by atoms with Crippen LogP contribution in [0, 0.1) is 0 Å². The van der Waals surface area contributed by atoms with E-state index >= 15 is 0 Å². The molecule has 14 heteroatoms. The average molecular weight is 890 g/mol. The van der Waals surface area contributed by atoms with Crippen molar-refractivity contribution in [3.63, 3.8) is 0 Å². The summed E-state index contributed by atoms with van der Waals surface area (Å²) in [5.74, 6) is 0.970. The molecule has 2 aliphatic heterocycles. The van der Waals surface area contributed by atoms with Crippen molar-refractivity contribution >= 4 is 57.8 Å². The first kappa shape index (κ1) is 42.1. The van der Waals surface area contributed by atoms with Crippen LogP contribution in [0.5, 0.6) is 5.75 Å². The van der Waals surface area contributed by atoms with Gasteiger partial charge >= 0.3 is 0 Å². The topological polar surface area (TPSA) is 118 Å². The minimum Gasteiger partial charge on any atom is -0.497 e. The molecule has 58 heavy (non-hydrogen) atoms. The van der Waals surface area contributed by atoms with Crippen LogP contribution in [0.25, 0.3) is 21.8 Å². The Morgan fingerprint density at radius 2 is 1.17 bits per heavy atom. The molecular weight excluding hydrogens is 837 g/mol. The molecule has 308 valence electrons. The number of nitrogens with one attached hydrogen (secondary N) is 2. The van der Waals surface area contributed by atoms with Crippen LogP contribution in [0.3, 0.4) is 0 Å². The highest BCUT2D eigenvalue weighted by Crippen LogP contribution is 2.33. The molecule has 2 N–H and O–H groups in total. The minimum absolute atomic E-state index is 0.213. The van der Waals surface area contributed by atoms with Crippen LogP contribution in [0.1, 0.15) is 49.3 Å². The zero-order valence-electron chi connectivity index (χ0n) is 33.4. The molecule has 0 amide bonds. The molecule has 0 unspecified atom stereocenters. The Balaban J connectivity index is 0.000000177. The smallest absolute Gasteiger partial charge is 0.269 e. The number of aromatic nitrogens is 2. The van der Waals surface area contributed by atoms with Gasteiger partial charge in [-0.05, 0) is 120 Å². The summed E-state index contributed by atoms with van der Waals surface area (Å²) in [7, 11) is -5.86. The second-order valence-electron chi connectivity index (χ2n) is 15.2. The lowest BCUT2D eigenvalue weighted by Gasteiger charge is -2.18. The Kier molecular flexibility index (Phi) is 13.4. The van der Waals surface area contributed by atoms with E-state index in [9.17, 15) is 16.8 Å². The average Bonchev–Trinajstić information content (AvgIpc) is 3.51. The number of ether oxygens (including phenoxy) is 1. The summed E-state index contributed by atoms with van der Waals surface area (Å²) in [5.41, 5.74) is 4.65. The molecule has 2 fully saturated rings. The Labute approximate surface area is 351 Å². The van der Waals surface area contributed by atoms with Gasteiger partial charge in [0, 0.05) is 66.9 Å². The summed E-state index contributed by atoms with van der Waals surface area (Å²) in [6.45, 7) is 13.6. The molecule has 2 aliphatic rings. The molecule has 0 spiro atoms. The van der Waals surface area contributed by atoms with E-state index in [4.69, 9.17) is 4.74 Å². The van der Waals surface area contributed by atoms with E-state index in [2.05, 4.69) is 50.2 Å². The number of rotatable bonds is 10. The first-order chi connectivity index (χ1) is 28.0. The van der Waals surface area contributed by atoms with Gasteiger partial charge in [0.1, 0.15) is 10.6 Å². The third-order valence-corrected chi connectivity index (χ3v) is 15.3. The fraction of sp³-hybridized carbons (Fsp3) is 0.364. The van der Waals surface area contributed by atoms with Crippen LogP contribution in [0.4, 0.5) is 0 Å². The monoisotopic (exact) mass is 888 g/mol. The van der Waals surface area contributed by atoms with Gasteiger partial charge in [0.15, 0.2) is 0 Å². The molecule has 0 aliphatic carbocycles. The fourth-order valence-corrected chi connectivity index (χ4v) is 11.6. The highest BCUT2D eigenvalue weighted by molar-refractivity contribution is 9.10. The van der Waals surface area contributed by atoms with Crippen LogP contribution in [0.15, 0.2) is 118 Å². The molecule has 8 rings (SSSR count).